The van der Waals surface area contributed by atoms with Crippen molar-refractivity contribution in [1.82, 2.24) is 4.57 Å². The zero-order valence-corrected chi connectivity index (χ0v) is 20.0. The molecule has 0 radical (unpaired) electrons. The highest BCUT2D eigenvalue weighted by Gasteiger charge is 2.24. The molecule has 1 aromatic heterocycles. The summed E-state index contributed by atoms with van der Waals surface area (Å²) in [5, 5.41) is 14.0. The molecule has 7 nitrogen and oxygen atoms in total. The van der Waals surface area contributed by atoms with Crippen LogP contribution >= 0.6 is 22.6 Å². The van der Waals surface area contributed by atoms with Gasteiger partial charge in [-0.1, -0.05) is 6.07 Å². The summed E-state index contributed by atoms with van der Waals surface area (Å²) >= 11 is 1.88. The Labute approximate surface area is 209 Å². The van der Waals surface area contributed by atoms with E-state index < -0.39 is 51.0 Å². The average molecular weight is 593 g/mol. The van der Waals surface area contributed by atoms with Crippen molar-refractivity contribution in [2.45, 2.75) is 6.92 Å². The number of aromatic carboxylic acids is 1. The molecule has 0 aliphatic heterocycles. The number of carbonyl (C=O) groups is 2. The smallest absolute Gasteiger partial charge is 0.341 e. The lowest BCUT2D eigenvalue weighted by Gasteiger charge is -2.18. The summed E-state index contributed by atoms with van der Waals surface area (Å²) in [6.07, 6.45) is 0.913. The van der Waals surface area contributed by atoms with E-state index in [9.17, 15) is 28.3 Å². The highest BCUT2D eigenvalue weighted by Crippen LogP contribution is 2.33. The fraction of sp³-hybridized carbons (Fsp3) is 0.0417. The Balaban J connectivity index is 2.07. The molecule has 178 valence electrons. The van der Waals surface area contributed by atoms with E-state index in [-0.39, 0.29) is 17.3 Å². The first-order valence-electron chi connectivity index (χ1n) is 9.97. The summed E-state index contributed by atoms with van der Waals surface area (Å²) in [5.74, 6) is -5.13. The van der Waals surface area contributed by atoms with Crippen LogP contribution in [0.4, 0.5) is 30.2 Å². The largest absolute Gasteiger partial charge is 0.477 e. The highest BCUT2D eigenvalue weighted by atomic mass is 127. The molecule has 0 atom stereocenters. The molecule has 1 heterocycles. The lowest BCUT2D eigenvalue weighted by molar-refractivity contribution is -0.114. The minimum atomic E-state index is -1.63. The first-order chi connectivity index (χ1) is 16.6. The molecule has 1 amide bonds. The van der Waals surface area contributed by atoms with Gasteiger partial charge in [-0.3, -0.25) is 9.59 Å². The number of anilines is 3. The highest BCUT2D eigenvalue weighted by molar-refractivity contribution is 14.1. The van der Waals surface area contributed by atoms with Crippen LogP contribution in [-0.4, -0.2) is 21.6 Å². The fourth-order valence-corrected chi connectivity index (χ4v) is 4.05. The molecule has 0 saturated carbocycles. The number of carboxylic acid groups (broad SMARTS) is 1. The van der Waals surface area contributed by atoms with E-state index in [2.05, 4.69) is 10.6 Å². The van der Waals surface area contributed by atoms with Crippen LogP contribution < -0.4 is 16.1 Å². The van der Waals surface area contributed by atoms with Gasteiger partial charge in [0, 0.05) is 34.1 Å². The Morgan fingerprint density at radius 2 is 1.74 bits per heavy atom. The van der Waals surface area contributed by atoms with Gasteiger partial charge in [-0.2, -0.15) is 0 Å². The third kappa shape index (κ3) is 4.71. The number of fused-ring (bicyclic) bond motifs is 1. The summed E-state index contributed by atoms with van der Waals surface area (Å²) in [4.78, 5) is 36.4. The van der Waals surface area contributed by atoms with Crippen molar-refractivity contribution in [3.05, 3.63) is 91.5 Å². The summed E-state index contributed by atoms with van der Waals surface area (Å²) < 4.78 is 46.2. The molecular formula is C24H15F3IN3O4. The molecule has 4 aromatic rings. The number of nitrogens with one attached hydrogen (secondary N) is 2. The van der Waals surface area contributed by atoms with Gasteiger partial charge in [0.05, 0.1) is 22.3 Å². The molecule has 0 bridgehead atoms. The van der Waals surface area contributed by atoms with E-state index in [1.54, 1.807) is 6.07 Å². The topological polar surface area (TPSA) is 100 Å². The maximum atomic E-state index is 15.1. The summed E-state index contributed by atoms with van der Waals surface area (Å²) in [7, 11) is 0. The predicted octanol–water partition coefficient (Wildman–Crippen LogP) is 5.41. The molecule has 11 heteroatoms. The monoisotopic (exact) mass is 593 g/mol. The Morgan fingerprint density at radius 1 is 1.00 bits per heavy atom. The van der Waals surface area contributed by atoms with Crippen molar-refractivity contribution in [2.24, 2.45) is 0 Å². The van der Waals surface area contributed by atoms with E-state index in [4.69, 9.17) is 0 Å². The number of pyridine rings is 1. The number of aromatic nitrogens is 1. The summed E-state index contributed by atoms with van der Waals surface area (Å²) in [5.41, 5.74) is -2.64. The van der Waals surface area contributed by atoms with E-state index in [0.717, 1.165) is 10.8 Å². The molecule has 4 rings (SSSR count). The molecular weight excluding hydrogens is 578 g/mol. The van der Waals surface area contributed by atoms with Crippen LogP contribution in [0.15, 0.2) is 59.5 Å². The van der Waals surface area contributed by atoms with E-state index in [1.165, 1.54) is 43.3 Å². The molecule has 0 spiro atoms. The number of rotatable bonds is 5. The van der Waals surface area contributed by atoms with Gasteiger partial charge in [-0.15, -0.1) is 0 Å². The number of benzene rings is 3. The zero-order valence-electron chi connectivity index (χ0n) is 17.8. The third-order valence-electron chi connectivity index (χ3n) is 5.04. The second kappa shape index (κ2) is 9.41. The summed E-state index contributed by atoms with van der Waals surface area (Å²) in [6, 6.07) is 10.5. The summed E-state index contributed by atoms with van der Waals surface area (Å²) in [6.45, 7) is 1.29. The molecule has 35 heavy (non-hydrogen) atoms. The fourth-order valence-electron chi connectivity index (χ4n) is 3.59. The van der Waals surface area contributed by atoms with E-state index in [0.29, 0.717) is 15.3 Å². The van der Waals surface area contributed by atoms with Crippen LogP contribution in [0.25, 0.3) is 16.6 Å². The lowest BCUT2D eigenvalue weighted by Crippen LogP contribution is -2.21. The number of hydrogen-bond donors (Lipinski definition) is 3. The van der Waals surface area contributed by atoms with E-state index >= 15 is 4.39 Å². The van der Waals surface area contributed by atoms with Crippen molar-refractivity contribution in [2.75, 3.05) is 10.6 Å². The minimum Gasteiger partial charge on any atom is -0.477 e. The number of nitrogens with zero attached hydrogens (tertiary/aromatic N) is 1. The molecule has 0 saturated heterocycles. The van der Waals surface area contributed by atoms with Crippen LogP contribution in [0.3, 0.4) is 0 Å². The van der Waals surface area contributed by atoms with Crippen molar-refractivity contribution >= 4 is 62.4 Å². The van der Waals surface area contributed by atoms with Gasteiger partial charge in [0.1, 0.15) is 17.2 Å². The van der Waals surface area contributed by atoms with Crippen molar-refractivity contribution < 1.29 is 27.9 Å². The van der Waals surface area contributed by atoms with Crippen LogP contribution in [0, 0.1) is 21.0 Å². The Bertz CT molecular complexity index is 1590. The maximum Gasteiger partial charge on any atom is 0.341 e. The number of halogens is 4. The molecule has 3 aromatic carbocycles. The Morgan fingerprint density at radius 3 is 2.40 bits per heavy atom. The first-order valence-corrected chi connectivity index (χ1v) is 11.1. The molecule has 0 aliphatic rings. The number of carboxylic acids is 1. The van der Waals surface area contributed by atoms with Gasteiger partial charge in [-0.25, -0.2) is 18.0 Å². The number of amides is 1. The number of carbonyl (C=O) groups excluding carboxylic acids is 1. The molecule has 0 aliphatic carbocycles. The Hall–Kier alpha value is -3.87. The van der Waals surface area contributed by atoms with Crippen molar-refractivity contribution in [3.8, 4) is 5.69 Å². The second-order valence-electron chi connectivity index (χ2n) is 7.47. The quantitative estimate of drug-likeness (QED) is 0.269. The van der Waals surface area contributed by atoms with Gasteiger partial charge in [0.15, 0.2) is 5.82 Å². The van der Waals surface area contributed by atoms with Crippen molar-refractivity contribution in [1.29, 1.82) is 0 Å². The van der Waals surface area contributed by atoms with Crippen LogP contribution in [0.5, 0.6) is 0 Å². The van der Waals surface area contributed by atoms with Crippen LogP contribution in [0.1, 0.15) is 17.3 Å². The molecule has 3 N–H and O–H groups in total. The van der Waals surface area contributed by atoms with Crippen molar-refractivity contribution in [3.63, 3.8) is 0 Å². The van der Waals surface area contributed by atoms with Gasteiger partial charge >= 0.3 is 5.97 Å². The Kier molecular flexibility index (Phi) is 6.52. The molecule has 0 fully saturated rings. The third-order valence-corrected chi connectivity index (χ3v) is 5.71. The average Bonchev–Trinajstić information content (AvgIpc) is 2.77. The van der Waals surface area contributed by atoms with Crippen LogP contribution in [-0.2, 0) is 4.79 Å². The first kappa shape index (κ1) is 24.3. The van der Waals surface area contributed by atoms with Gasteiger partial charge in [0.2, 0.25) is 11.3 Å². The maximum absolute atomic E-state index is 15.1. The zero-order chi connectivity index (χ0) is 25.4. The minimum absolute atomic E-state index is 0.181. The van der Waals surface area contributed by atoms with Gasteiger partial charge in [-0.05, 0) is 59.0 Å². The number of hydrogen-bond acceptors (Lipinski definition) is 4. The van der Waals surface area contributed by atoms with Gasteiger partial charge < -0.3 is 20.3 Å². The van der Waals surface area contributed by atoms with Gasteiger partial charge in [0.25, 0.3) is 0 Å². The SMILES string of the molecule is CC(=O)Nc1cccc(-n2cc(C(=O)O)c(=O)c3c(Nc4ccc(I)cc4F)c(F)cc(F)c32)c1. The molecule has 0 unspecified atom stereocenters. The predicted molar refractivity (Wildman–Crippen MR) is 133 cm³/mol. The second-order valence-corrected chi connectivity index (χ2v) is 8.71. The normalized spacial score (nSPS) is 10.9. The standard InChI is InChI=1S/C24H15F3IN3O4/c1-11(32)29-13-3-2-4-14(8-13)31-10-15(24(34)35)23(33)20-21(17(26)9-18(27)22(20)31)30-19-6-5-12(28)7-16(19)25/h2-10,30H,1H3,(H,29,32)(H,34,35). The van der Waals surface area contributed by atoms with E-state index in [1.807, 2.05) is 22.6 Å². The lowest BCUT2D eigenvalue weighted by atomic mass is 10.1. The van der Waals surface area contributed by atoms with Crippen LogP contribution in [0.2, 0.25) is 0 Å².